The number of aryl methyl sites for hydroxylation is 2. The van der Waals surface area contributed by atoms with Crippen LogP contribution in [0.3, 0.4) is 0 Å². The summed E-state index contributed by atoms with van der Waals surface area (Å²) in [6, 6.07) is 113. The molecule has 0 aliphatic carbocycles. The number of nitrogens with zero attached hydrogens (tertiary/aromatic N) is 14. The first-order valence-electron chi connectivity index (χ1n) is 47.0. The molecule has 23 nitrogen and oxygen atoms in total. The molecule has 0 amide bonds. The maximum absolute atomic E-state index is 12.7. The van der Waals surface area contributed by atoms with Gasteiger partial charge in [0.2, 0.25) is 0 Å². The average molecular weight is 1960 g/mol. The van der Waals surface area contributed by atoms with Gasteiger partial charge in [0.05, 0.1) is 69.8 Å². The number of anilines is 10. The third kappa shape index (κ3) is 17.4. The molecular weight excluding hydrogens is 1860 g/mol. The van der Waals surface area contributed by atoms with Crippen LogP contribution in [0.2, 0.25) is 0 Å². The third-order valence-corrected chi connectivity index (χ3v) is 27.3. The van der Waals surface area contributed by atoms with Crippen molar-refractivity contribution in [1.82, 2.24) is 53.2 Å². The summed E-state index contributed by atoms with van der Waals surface area (Å²) in [5.41, 5.74) is 27.8. The molecule has 11 aromatic carbocycles. The molecule has 11 aromatic heterocycles. The van der Waals surface area contributed by atoms with Crippen molar-refractivity contribution in [3.8, 4) is 17.1 Å². The normalized spacial score (nSPS) is 12.5. The number of benzene rings is 11. The minimum atomic E-state index is -1.14. The molecule has 22 aromatic rings. The fourth-order valence-electron chi connectivity index (χ4n) is 20.1. The molecular formula is C120H102BrN15O8. The molecule has 2 aliphatic rings. The van der Waals surface area contributed by atoms with E-state index in [0.29, 0.717) is 50.1 Å². The zero-order valence-electron chi connectivity index (χ0n) is 81.4. The van der Waals surface area contributed by atoms with Gasteiger partial charge in [-0.1, -0.05) is 185 Å². The number of carbonyl (C=O) groups excluding carboxylic acids is 4. The molecule has 24 heteroatoms. The van der Waals surface area contributed by atoms with E-state index in [2.05, 4.69) is 312 Å². The Morgan fingerprint density at radius 3 is 1.24 bits per heavy atom. The maximum atomic E-state index is 12.7. The summed E-state index contributed by atoms with van der Waals surface area (Å²) in [5.74, 6) is 3.39. The number of rotatable bonds is 13. The van der Waals surface area contributed by atoms with Gasteiger partial charge in [0.25, 0.3) is 0 Å². The van der Waals surface area contributed by atoms with Gasteiger partial charge in [-0.05, 0) is 243 Å². The summed E-state index contributed by atoms with van der Waals surface area (Å²) in [5, 5.41) is 31.5. The summed E-state index contributed by atoms with van der Waals surface area (Å²) in [4.78, 5) is 78.6. The average Bonchev–Trinajstić information content (AvgIpc) is 1.47. The molecule has 2 aliphatic heterocycles. The van der Waals surface area contributed by atoms with Crippen molar-refractivity contribution in [2.24, 2.45) is 7.05 Å². The predicted octanol–water partition coefficient (Wildman–Crippen LogP) is 26.9. The Morgan fingerprint density at radius 1 is 0.375 bits per heavy atom. The number of para-hydroxylation sites is 7. The van der Waals surface area contributed by atoms with Crippen LogP contribution in [0.1, 0.15) is 115 Å². The van der Waals surface area contributed by atoms with Gasteiger partial charge < -0.3 is 43.7 Å². The Morgan fingerprint density at radius 2 is 0.736 bits per heavy atom. The van der Waals surface area contributed by atoms with Crippen LogP contribution < -0.4 is 20.4 Å². The second-order valence-corrected chi connectivity index (χ2v) is 37.9. The Kier molecular flexibility index (Phi) is 26.1. The first-order valence-corrected chi connectivity index (χ1v) is 47.8. The van der Waals surface area contributed by atoms with E-state index in [1.54, 1.807) is 82.9 Å². The summed E-state index contributed by atoms with van der Waals surface area (Å²) >= 11 is 3.13. The van der Waals surface area contributed by atoms with Gasteiger partial charge in [0.1, 0.15) is 39.3 Å². The van der Waals surface area contributed by atoms with E-state index in [9.17, 15) is 19.8 Å². The second kappa shape index (κ2) is 39.3. The molecule has 0 saturated carbocycles. The van der Waals surface area contributed by atoms with Crippen LogP contribution in [-0.4, -0.2) is 95.7 Å². The van der Waals surface area contributed by atoms with Crippen LogP contribution in [0, 0.1) is 6.92 Å². The minimum absolute atomic E-state index is 0.237. The number of halogens is 1. The fraction of sp³-hybridized carbons (Fsp3) is 0.133. The molecule has 0 spiro atoms. The lowest BCUT2D eigenvalue weighted by molar-refractivity contribution is -0.191. The van der Waals surface area contributed by atoms with Gasteiger partial charge in [-0.15, -0.1) is 0 Å². The molecule has 0 unspecified atom stereocenters. The van der Waals surface area contributed by atoms with Crippen LogP contribution >= 0.6 is 15.9 Å². The number of fused-ring (bicyclic) bond motifs is 17. The highest BCUT2D eigenvalue weighted by molar-refractivity contribution is 9.10. The highest BCUT2D eigenvalue weighted by Crippen LogP contribution is 2.62. The van der Waals surface area contributed by atoms with E-state index >= 15 is 0 Å². The van der Waals surface area contributed by atoms with Crippen LogP contribution in [0.15, 0.2) is 382 Å². The Balaban J connectivity index is 0.000000118. The number of aliphatic hydroxyl groups is 2. The molecule has 712 valence electrons. The van der Waals surface area contributed by atoms with Crippen LogP contribution in [-0.2, 0) is 48.1 Å². The van der Waals surface area contributed by atoms with E-state index in [1.807, 2.05) is 120 Å². The number of methoxy groups -OCH3 is 2. The van der Waals surface area contributed by atoms with E-state index in [0.717, 1.165) is 83.6 Å². The SMILES string of the molecule is CC1(C)c2cccnc2N2c3ncccc3C(C)(C)c3c2c1cc1c3c2ccccc2n1-c1ccccc1.COC(=O)c1cccnc1Br.COC(=O)c1cccnc1N(c1ccc2c(c1)c1ccccc1n2-c1ccccc1)c1ncccc1C.Cn1c2ccccc2c2cc(N(c3ncccc3C(C)(C)O)c3ncccc3C(C)(C)O)ccc21.Nc1ccc2c(c1)c1ccccc1n2-c1ccccc1.O=C=O. The number of hydrogen-bond donors (Lipinski definition) is 3. The molecule has 24 rings (SSSR count). The molecule has 0 fully saturated rings. The number of carbonyl (C=O) groups is 2. The monoisotopic (exact) mass is 1960 g/mol. The van der Waals surface area contributed by atoms with Gasteiger partial charge in [-0.3, -0.25) is 14.7 Å². The first-order chi connectivity index (χ1) is 69.7. The molecule has 0 atom stereocenters. The smallest absolute Gasteiger partial charge is 0.373 e. The Hall–Kier alpha value is -17.4. The number of hydrogen-bond acceptors (Lipinski definition) is 19. The van der Waals surface area contributed by atoms with E-state index in [4.69, 9.17) is 40.0 Å². The number of pyridine rings is 7. The Bertz CT molecular complexity index is 8630. The van der Waals surface area contributed by atoms with Crippen molar-refractivity contribution in [3.05, 3.63) is 432 Å². The van der Waals surface area contributed by atoms with Crippen molar-refractivity contribution in [2.45, 2.75) is 84.3 Å². The van der Waals surface area contributed by atoms with Crippen molar-refractivity contribution in [3.63, 3.8) is 0 Å². The quantitative estimate of drug-likeness (QED) is 0.0550. The Labute approximate surface area is 840 Å². The topological polar surface area (TPSA) is 273 Å². The standard InChI is InChI=1S/C34H28N4.C31H24N4O2.C29H30N4O2.C18H14N2.C7H6BrNO2.CO2/c1-33(2)23-15-10-18-35-31(23)38-30-25(33)20-27-28(29(30)34(3,4)24-16-11-19-36-32(24)38)22-14-8-9-17-26(22)37(27)21-12-6-5-7-13-21;1-21-10-8-18-32-29(21)35(30-25(31(36)37-2)14-9-19-33-30)23-16-17-28-26(20-23)24-13-6-7-15-27(24)34(28)22-11-4-3-5-12-22;1-28(2,34)22-11-8-16-30-26(22)33(27-23(29(3,4)35)12-9-17-31-27)19-14-15-25-21(18-19)20-10-6-7-13-24(20)32(25)5;19-13-10-11-18-16(12-13)15-8-4-5-9-17(15)20(18)14-6-2-1-3-7-14;1-11-7(10)5-3-2-4-9-6(5)8;2-1-3/h5-20H,1-4H3;3-20H,1-2H3;6-18,34-35H,1-5H3;1-12H,19H2;2-4H,1H3;. The largest absolute Gasteiger partial charge is 0.465 e. The van der Waals surface area contributed by atoms with Crippen LogP contribution in [0.5, 0.6) is 0 Å². The second-order valence-electron chi connectivity index (χ2n) is 37.2. The maximum Gasteiger partial charge on any atom is 0.373 e. The molecule has 0 saturated heterocycles. The fourth-order valence-corrected chi connectivity index (χ4v) is 20.5. The zero-order valence-corrected chi connectivity index (χ0v) is 82.9. The zero-order chi connectivity index (χ0) is 101. The molecule has 0 radical (unpaired) electrons. The van der Waals surface area contributed by atoms with E-state index in [-0.39, 0.29) is 23.0 Å². The van der Waals surface area contributed by atoms with Crippen LogP contribution in [0.25, 0.3) is 104 Å². The summed E-state index contributed by atoms with van der Waals surface area (Å²) in [6.07, 6.45) is 12.5. The number of esters is 2. The molecule has 0 bridgehead atoms. The van der Waals surface area contributed by atoms with Crippen molar-refractivity contribution in [1.29, 1.82) is 0 Å². The highest BCUT2D eigenvalue weighted by atomic mass is 79.9. The summed E-state index contributed by atoms with van der Waals surface area (Å²) in [7, 11) is 4.78. The summed E-state index contributed by atoms with van der Waals surface area (Å²) in [6.45, 7) is 18.4. The number of nitrogens with two attached hydrogens (primary N) is 1. The van der Waals surface area contributed by atoms with Crippen molar-refractivity contribution < 1.29 is 38.9 Å². The highest BCUT2D eigenvalue weighted by Gasteiger charge is 2.49. The van der Waals surface area contributed by atoms with Gasteiger partial charge in [0.15, 0.2) is 5.82 Å². The predicted molar refractivity (Wildman–Crippen MR) is 577 cm³/mol. The van der Waals surface area contributed by atoms with Crippen molar-refractivity contribution in [2.75, 3.05) is 34.7 Å². The van der Waals surface area contributed by atoms with Gasteiger partial charge in [-0.25, -0.2) is 44.5 Å². The minimum Gasteiger partial charge on any atom is -0.465 e. The molecule has 144 heavy (non-hydrogen) atoms. The number of ether oxygens (including phenoxy) is 2. The summed E-state index contributed by atoms with van der Waals surface area (Å²) < 4.78 is 19.3. The lowest BCUT2D eigenvalue weighted by atomic mass is 9.66. The number of aromatic nitrogens is 11. The molecule has 4 N–H and O–H groups in total. The lowest BCUT2D eigenvalue weighted by Crippen LogP contribution is -2.39. The van der Waals surface area contributed by atoms with Crippen LogP contribution in [0.4, 0.5) is 57.7 Å². The third-order valence-electron chi connectivity index (χ3n) is 26.7. The molecule has 13 heterocycles. The van der Waals surface area contributed by atoms with E-state index < -0.39 is 17.2 Å². The van der Waals surface area contributed by atoms with Crippen molar-refractivity contribution >= 4 is 179 Å². The number of nitrogen functional groups attached to an aromatic ring is 1. The lowest BCUT2D eigenvalue weighted by Gasteiger charge is -2.48. The van der Waals surface area contributed by atoms with Gasteiger partial charge in [-0.2, -0.15) is 9.59 Å². The first kappa shape index (κ1) is 95.5. The van der Waals surface area contributed by atoms with Gasteiger partial charge >= 0.3 is 18.1 Å². The van der Waals surface area contributed by atoms with E-state index in [1.165, 1.54) is 97.1 Å². The van der Waals surface area contributed by atoms with Gasteiger partial charge in [0, 0.05) is 172 Å².